The zero-order valence-corrected chi connectivity index (χ0v) is 16.5. The van der Waals surface area contributed by atoms with Gasteiger partial charge in [-0.3, -0.25) is 14.4 Å². The molecule has 0 aromatic heterocycles. The van der Waals surface area contributed by atoms with Gasteiger partial charge in [-0.15, -0.1) is 0 Å². The molecule has 1 N–H and O–H groups in total. The smallest absolute Gasteiger partial charge is 0.262 e. The Kier molecular flexibility index (Phi) is 5.46. The van der Waals surface area contributed by atoms with Crippen LogP contribution in [0.3, 0.4) is 0 Å². The number of para-hydroxylation sites is 1. The molecule has 0 heterocycles. The highest BCUT2D eigenvalue weighted by Crippen LogP contribution is 2.30. The lowest BCUT2D eigenvalue weighted by Crippen LogP contribution is -2.20. The summed E-state index contributed by atoms with van der Waals surface area (Å²) in [7, 11) is 0. The van der Waals surface area contributed by atoms with E-state index in [2.05, 4.69) is 5.32 Å². The van der Waals surface area contributed by atoms with Gasteiger partial charge in [0, 0.05) is 27.4 Å². The van der Waals surface area contributed by atoms with Crippen molar-refractivity contribution in [2.75, 3.05) is 11.9 Å². The van der Waals surface area contributed by atoms with Crippen LogP contribution in [0.15, 0.2) is 78.4 Å². The highest BCUT2D eigenvalue weighted by atomic mass is 35.5. The highest BCUT2D eigenvalue weighted by Gasteiger charge is 2.32. The maximum atomic E-state index is 12.6. The minimum atomic E-state index is -0.361. The number of Topliss-reactive ketones (excluding diaryl/α,β-unsaturated/α-hetero) is 2. The first-order valence-electron chi connectivity index (χ1n) is 9.20. The number of nitrogens with one attached hydrogen (secondary N) is 1. The van der Waals surface area contributed by atoms with E-state index >= 15 is 0 Å². The summed E-state index contributed by atoms with van der Waals surface area (Å²) in [5.74, 6) is -0.601. The minimum Gasteiger partial charge on any atom is -0.483 e. The Bertz CT molecular complexity index is 1160. The molecule has 1 aliphatic rings. The molecule has 0 saturated heterocycles. The number of benzene rings is 3. The van der Waals surface area contributed by atoms with Gasteiger partial charge in [-0.05, 0) is 30.3 Å². The summed E-state index contributed by atoms with van der Waals surface area (Å²) in [6.07, 6.45) is 1.51. The molecule has 30 heavy (non-hydrogen) atoms. The molecule has 0 radical (unpaired) electrons. The van der Waals surface area contributed by atoms with E-state index in [0.29, 0.717) is 33.1 Å². The Balaban J connectivity index is 1.51. The van der Waals surface area contributed by atoms with Crippen LogP contribution in [0, 0.1) is 0 Å². The number of ether oxygens (including phenoxy) is 1. The van der Waals surface area contributed by atoms with E-state index in [4.69, 9.17) is 16.3 Å². The standard InChI is InChI=1S/C24H16ClNO4/c25-16-7-5-8-17(13-16)26-22(27)14-30-21-11-4-1-6-15(21)12-20-23(28)18-9-2-3-10-19(18)24(20)29/h1-13H,14H2,(H,26,27). The molecular weight excluding hydrogens is 402 g/mol. The first-order valence-corrected chi connectivity index (χ1v) is 9.58. The number of allylic oxidation sites excluding steroid dienone is 1. The van der Waals surface area contributed by atoms with E-state index < -0.39 is 0 Å². The molecular formula is C24H16ClNO4. The molecule has 0 aliphatic heterocycles. The van der Waals surface area contributed by atoms with Crippen molar-refractivity contribution in [1.29, 1.82) is 0 Å². The summed E-state index contributed by atoms with van der Waals surface area (Å²) in [4.78, 5) is 37.4. The molecule has 0 bridgehead atoms. The topological polar surface area (TPSA) is 72.5 Å². The van der Waals surface area contributed by atoms with Crippen molar-refractivity contribution in [3.05, 3.63) is 100 Å². The quantitative estimate of drug-likeness (QED) is 0.477. The Hall–Kier alpha value is -3.70. The van der Waals surface area contributed by atoms with E-state index in [1.54, 1.807) is 72.8 Å². The van der Waals surface area contributed by atoms with Gasteiger partial charge >= 0.3 is 0 Å². The Morgan fingerprint density at radius 1 is 0.900 bits per heavy atom. The Morgan fingerprint density at radius 3 is 2.27 bits per heavy atom. The first-order chi connectivity index (χ1) is 14.5. The van der Waals surface area contributed by atoms with Gasteiger partial charge < -0.3 is 10.1 Å². The van der Waals surface area contributed by atoms with Gasteiger partial charge in [0.2, 0.25) is 0 Å². The Labute approximate surface area is 177 Å². The fraction of sp³-hybridized carbons (Fsp3) is 0.0417. The molecule has 3 aromatic carbocycles. The predicted molar refractivity (Wildman–Crippen MR) is 115 cm³/mol. The zero-order valence-electron chi connectivity index (χ0n) is 15.7. The van der Waals surface area contributed by atoms with Crippen LogP contribution in [0.5, 0.6) is 5.75 Å². The van der Waals surface area contributed by atoms with Crippen LogP contribution in [0.1, 0.15) is 26.3 Å². The molecule has 1 amide bonds. The van der Waals surface area contributed by atoms with Gasteiger partial charge in [0.15, 0.2) is 18.2 Å². The third kappa shape index (κ3) is 4.02. The van der Waals surface area contributed by atoms with Crippen molar-refractivity contribution < 1.29 is 19.1 Å². The summed E-state index contributed by atoms with van der Waals surface area (Å²) in [5.41, 5.74) is 1.97. The van der Waals surface area contributed by atoms with Gasteiger partial charge in [-0.2, -0.15) is 0 Å². The predicted octanol–water partition coefficient (Wildman–Crippen LogP) is 4.82. The van der Waals surface area contributed by atoms with Crippen molar-refractivity contribution >= 4 is 40.8 Å². The fourth-order valence-electron chi connectivity index (χ4n) is 3.20. The molecule has 1 aliphatic carbocycles. The van der Waals surface area contributed by atoms with Gasteiger partial charge in [0.25, 0.3) is 5.91 Å². The monoisotopic (exact) mass is 417 g/mol. The average molecular weight is 418 g/mol. The number of amides is 1. The third-order valence-corrected chi connectivity index (χ3v) is 4.83. The number of hydrogen-bond donors (Lipinski definition) is 1. The lowest BCUT2D eigenvalue weighted by molar-refractivity contribution is -0.118. The average Bonchev–Trinajstić information content (AvgIpc) is 2.98. The molecule has 6 heteroatoms. The molecule has 148 valence electrons. The normalized spacial score (nSPS) is 12.5. The molecule has 3 aromatic rings. The molecule has 0 atom stereocenters. The van der Waals surface area contributed by atoms with Crippen LogP contribution >= 0.6 is 11.6 Å². The maximum Gasteiger partial charge on any atom is 0.262 e. The van der Waals surface area contributed by atoms with Crippen LogP contribution < -0.4 is 10.1 Å². The van der Waals surface area contributed by atoms with Crippen LogP contribution in [0.25, 0.3) is 6.08 Å². The van der Waals surface area contributed by atoms with Crippen LogP contribution in [-0.2, 0) is 4.79 Å². The molecule has 4 rings (SSSR count). The molecule has 0 saturated carbocycles. The number of anilines is 1. The molecule has 0 fully saturated rings. The second-order valence-corrected chi connectivity index (χ2v) is 7.08. The molecule has 5 nitrogen and oxygen atoms in total. The van der Waals surface area contributed by atoms with Gasteiger partial charge in [0.1, 0.15) is 5.75 Å². The number of rotatable bonds is 5. The summed E-state index contributed by atoms with van der Waals surface area (Å²) in [6.45, 7) is -0.241. The van der Waals surface area contributed by atoms with Crippen molar-refractivity contribution in [2.24, 2.45) is 0 Å². The van der Waals surface area contributed by atoms with E-state index in [-0.39, 0.29) is 29.7 Å². The van der Waals surface area contributed by atoms with Gasteiger partial charge in [-0.25, -0.2) is 0 Å². The number of hydrogen-bond acceptors (Lipinski definition) is 4. The number of carbonyl (C=O) groups is 3. The summed E-state index contributed by atoms with van der Waals surface area (Å²) in [5, 5.41) is 3.21. The highest BCUT2D eigenvalue weighted by molar-refractivity contribution is 6.41. The Morgan fingerprint density at radius 2 is 1.57 bits per heavy atom. The summed E-state index contributed by atoms with van der Waals surface area (Å²) < 4.78 is 5.65. The van der Waals surface area contributed by atoms with Crippen molar-refractivity contribution in [1.82, 2.24) is 0 Å². The van der Waals surface area contributed by atoms with Crippen LogP contribution in [0.2, 0.25) is 5.02 Å². The number of carbonyl (C=O) groups excluding carboxylic acids is 3. The second kappa shape index (κ2) is 8.35. The number of halogens is 1. The van der Waals surface area contributed by atoms with Crippen LogP contribution in [-0.4, -0.2) is 24.1 Å². The van der Waals surface area contributed by atoms with Gasteiger partial charge in [0.05, 0.1) is 5.57 Å². The largest absolute Gasteiger partial charge is 0.483 e. The van der Waals surface area contributed by atoms with E-state index in [9.17, 15) is 14.4 Å². The minimum absolute atomic E-state index is 0.0793. The van der Waals surface area contributed by atoms with E-state index in [1.807, 2.05) is 0 Å². The van der Waals surface area contributed by atoms with Crippen LogP contribution in [0.4, 0.5) is 5.69 Å². The van der Waals surface area contributed by atoms with Crippen molar-refractivity contribution in [3.63, 3.8) is 0 Å². The maximum absolute atomic E-state index is 12.6. The number of fused-ring (bicyclic) bond motifs is 1. The lowest BCUT2D eigenvalue weighted by atomic mass is 10.1. The van der Waals surface area contributed by atoms with E-state index in [0.717, 1.165) is 0 Å². The van der Waals surface area contributed by atoms with Crippen molar-refractivity contribution in [3.8, 4) is 5.75 Å². The van der Waals surface area contributed by atoms with Crippen molar-refractivity contribution in [2.45, 2.75) is 0 Å². The SMILES string of the molecule is O=C(COc1ccccc1C=C1C(=O)c2ccccc2C1=O)Nc1cccc(Cl)c1. The molecule has 0 spiro atoms. The summed E-state index contributed by atoms with van der Waals surface area (Å²) >= 11 is 5.92. The molecule has 0 unspecified atom stereocenters. The van der Waals surface area contributed by atoms with Gasteiger partial charge in [-0.1, -0.05) is 60.1 Å². The fourth-order valence-corrected chi connectivity index (χ4v) is 3.39. The summed E-state index contributed by atoms with van der Waals surface area (Å²) in [6, 6.07) is 20.4. The second-order valence-electron chi connectivity index (χ2n) is 6.65. The lowest BCUT2D eigenvalue weighted by Gasteiger charge is -2.10. The third-order valence-electron chi connectivity index (χ3n) is 4.59. The zero-order chi connectivity index (χ0) is 21.1. The van der Waals surface area contributed by atoms with E-state index in [1.165, 1.54) is 6.08 Å². The number of ketones is 2. The first kappa shape index (κ1) is 19.6.